The Kier molecular flexibility index (Phi) is 8.71. The van der Waals surface area contributed by atoms with Gasteiger partial charge in [-0.05, 0) is 37.8 Å². The number of morpholine rings is 2. The summed E-state index contributed by atoms with van der Waals surface area (Å²) in [5.41, 5.74) is 0.995. The van der Waals surface area contributed by atoms with E-state index in [0.717, 1.165) is 103 Å². The molecule has 0 aliphatic carbocycles. The fraction of sp³-hybridized carbons (Fsp3) is 0.818. The van der Waals surface area contributed by atoms with Crippen molar-refractivity contribution in [1.29, 1.82) is 0 Å². The number of nitrogens with one attached hydrogen (secondary N) is 2. The van der Waals surface area contributed by atoms with Crippen molar-refractivity contribution >= 4 is 5.91 Å². The Labute approximate surface area is 184 Å². The summed E-state index contributed by atoms with van der Waals surface area (Å²) in [5.74, 6) is 1.86. The summed E-state index contributed by atoms with van der Waals surface area (Å²) in [6.07, 6.45) is 2.47. The maximum Gasteiger partial charge on any atom is 0.220 e. The van der Waals surface area contributed by atoms with Crippen molar-refractivity contribution in [3.05, 3.63) is 17.5 Å². The Morgan fingerprint density at radius 3 is 2.61 bits per heavy atom. The van der Waals surface area contributed by atoms with Gasteiger partial charge in [-0.3, -0.25) is 14.6 Å². The summed E-state index contributed by atoms with van der Waals surface area (Å²) >= 11 is 0. The number of ether oxygens (including phenoxy) is 2. The molecule has 9 nitrogen and oxygen atoms in total. The number of carbonyl (C=O) groups excluding carboxylic acids is 1. The van der Waals surface area contributed by atoms with Gasteiger partial charge >= 0.3 is 0 Å². The van der Waals surface area contributed by atoms with Crippen molar-refractivity contribution < 1.29 is 18.8 Å². The minimum atomic E-state index is 0.165. The zero-order chi connectivity index (χ0) is 21.3. The number of rotatable bonds is 9. The quantitative estimate of drug-likeness (QED) is 0.565. The van der Waals surface area contributed by atoms with Crippen LogP contribution in [0.1, 0.15) is 24.3 Å². The molecule has 1 aromatic rings. The predicted molar refractivity (Wildman–Crippen MR) is 116 cm³/mol. The van der Waals surface area contributed by atoms with Crippen molar-refractivity contribution in [1.82, 2.24) is 25.6 Å². The number of hydrogen-bond acceptors (Lipinski definition) is 8. The molecule has 0 radical (unpaired) electrons. The van der Waals surface area contributed by atoms with E-state index in [1.165, 1.54) is 0 Å². The molecule has 3 fully saturated rings. The maximum absolute atomic E-state index is 12.6. The number of aromatic nitrogens is 1. The van der Waals surface area contributed by atoms with E-state index >= 15 is 0 Å². The Morgan fingerprint density at radius 2 is 1.84 bits per heavy atom. The van der Waals surface area contributed by atoms with Crippen molar-refractivity contribution in [2.45, 2.75) is 25.8 Å². The molecule has 3 aliphatic rings. The summed E-state index contributed by atoms with van der Waals surface area (Å²) in [7, 11) is 0. The second-order valence-corrected chi connectivity index (χ2v) is 8.90. The third kappa shape index (κ3) is 7.25. The SMILES string of the molecule is O=C(C[C@@H]1CCNC[C@H]1Cc1cc(CN2CCOCC2)on1)NCCN1CCOCC1. The van der Waals surface area contributed by atoms with Crippen molar-refractivity contribution in [3.8, 4) is 0 Å². The van der Waals surface area contributed by atoms with E-state index in [9.17, 15) is 4.79 Å². The number of piperidine rings is 1. The van der Waals surface area contributed by atoms with Crippen molar-refractivity contribution in [2.24, 2.45) is 11.8 Å². The van der Waals surface area contributed by atoms with Crippen LogP contribution in [0.2, 0.25) is 0 Å². The van der Waals surface area contributed by atoms with Crippen LogP contribution in [0.15, 0.2) is 10.6 Å². The minimum Gasteiger partial charge on any atom is -0.379 e. The first-order valence-electron chi connectivity index (χ1n) is 11.8. The molecule has 0 saturated carbocycles. The first-order valence-corrected chi connectivity index (χ1v) is 11.8. The highest BCUT2D eigenvalue weighted by molar-refractivity contribution is 5.76. The van der Waals surface area contributed by atoms with Crippen LogP contribution in [0.5, 0.6) is 0 Å². The van der Waals surface area contributed by atoms with Gasteiger partial charge in [-0.25, -0.2) is 0 Å². The largest absolute Gasteiger partial charge is 0.379 e. The lowest BCUT2D eigenvalue weighted by Crippen LogP contribution is -2.43. The molecule has 3 saturated heterocycles. The van der Waals surface area contributed by atoms with Crippen LogP contribution in [-0.4, -0.2) is 99.6 Å². The lowest BCUT2D eigenvalue weighted by Gasteiger charge is -2.31. The van der Waals surface area contributed by atoms with Crippen LogP contribution >= 0.6 is 0 Å². The summed E-state index contributed by atoms with van der Waals surface area (Å²) in [6.45, 7) is 11.2. The molecule has 174 valence electrons. The Hall–Kier alpha value is -1.52. The Bertz CT molecular complexity index is 673. The molecule has 0 unspecified atom stereocenters. The second kappa shape index (κ2) is 11.9. The summed E-state index contributed by atoms with van der Waals surface area (Å²) < 4.78 is 16.4. The van der Waals surface area contributed by atoms with Gasteiger partial charge in [-0.15, -0.1) is 0 Å². The second-order valence-electron chi connectivity index (χ2n) is 8.90. The van der Waals surface area contributed by atoms with Gasteiger partial charge in [-0.1, -0.05) is 5.16 Å². The van der Waals surface area contributed by atoms with Crippen LogP contribution in [0, 0.1) is 11.8 Å². The van der Waals surface area contributed by atoms with Crippen LogP contribution in [0.4, 0.5) is 0 Å². The summed E-state index contributed by atoms with van der Waals surface area (Å²) in [4.78, 5) is 17.2. The van der Waals surface area contributed by atoms with E-state index in [-0.39, 0.29) is 5.91 Å². The van der Waals surface area contributed by atoms with Crippen LogP contribution < -0.4 is 10.6 Å². The molecule has 31 heavy (non-hydrogen) atoms. The molecule has 3 aliphatic heterocycles. The van der Waals surface area contributed by atoms with Gasteiger partial charge in [0.1, 0.15) is 0 Å². The van der Waals surface area contributed by atoms with E-state index in [4.69, 9.17) is 14.0 Å². The molecule has 1 aromatic heterocycles. The molecule has 1 amide bonds. The normalized spacial score (nSPS) is 26.1. The predicted octanol–water partition coefficient (Wildman–Crippen LogP) is 0.114. The highest BCUT2D eigenvalue weighted by Gasteiger charge is 2.28. The lowest BCUT2D eigenvalue weighted by atomic mass is 9.81. The zero-order valence-electron chi connectivity index (χ0n) is 18.5. The molecular weight excluding hydrogens is 398 g/mol. The van der Waals surface area contributed by atoms with E-state index < -0.39 is 0 Å². The molecule has 9 heteroatoms. The van der Waals surface area contributed by atoms with Crippen molar-refractivity contribution in [3.63, 3.8) is 0 Å². The first-order chi connectivity index (χ1) is 15.3. The summed E-state index contributed by atoms with van der Waals surface area (Å²) in [6, 6.07) is 2.09. The lowest BCUT2D eigenvalue weighted by molar-refractivity contribution is -0.122. The van der Waals surface area contributed by atoms with Crippen molar-refractivity contribution in [2.75, 3.05) is 78.8 Å². The van der Waals surface area contributed by atoms with Crippen LogP contribution in [-0.2, 0) is 27.2 Å². The average Bonchev–Trinajstić information content (AvgIpc) is 3.23. The van der Waals surface area contributed by atoms with E-state index in [1.807, 2.05) is 0 Å². The molecule has 4 rings (SSSR count). The fourth-order valence-electron chi connectivity index (χ4n) is 4.75. The molecule has 2 atom stereocenters. The third-order valence-corrected chi connectivity index (χ3v) is 6.63. The van der Waals surface area contributed by atoms with E-state index in [1.54, 1.807) is 0 Å². The van der Waals surface area contributed by atoms with Gasteiger partial charge in [0, 0.05) is 51.8 Å². The van der Waals surface area contributed by atoms with Crippen LogP contribution in [0.3, 0.4) is 0 Å². The molecule has 2 N–H and O–H groups in total. The molecule has 0 spiro atoms. The molecular formula is C22H37N5O4. The number of hydrogen-bond donors (Lipinski definition) is 2. The number of carbonyl (C=O) groups is 1. The van der Waals surface area contributed by atoms with Gasteiger partial charge in [0.15, 0.2) is 5.76 Å². The molecule has 0 aromatic carbocycles. The molecule has 4 heterocycles. The smallest absolute Gasteiger partial charge is 0.220 e. The van der Waals surface area contributed by atoms with E-state index in [2.05, 4.69) is 31.7 Å². The Morgan fingerprint density at radius 1 is 1.10 bits per heavy atom. The van der Waals surface area contributed by atoms with Gasteiger partial charge in [0.05, 0.1) is 38.7 Å². The van der Waals surface area contributed by atoms with Gasteiger partial charge < -0.3 is 24.6 Å². The minimum absolute atomic E-state index is 0.165. The standard InChI is InChI=1S/C22H37N5O4/c28-22(24-3-4-26-5-9-29-10-6-26)14-18-1-2-23-16-19(18)13-20-15-21(31-25-20)17-27-7-11-30-12-8-27/h15,18-19,23H,1-14,16-17H2,(H,24,28)/t18-,19+/m0/s1. The average molecular weight is 436 g/mol. The third-order valence-electron chi connectivity index (χ3n) is 6.63. The zero-order valence-corrected chi connectivity index (χ0v) is 18.5. The highest BCUT2D eigenvalue weighted by atomic mass is 16.5. The number of nitrogens with zero attached hydrogens (tertiary/aromatic N) is 3. The first kappa shape index (κ1) is 22.7. The molecule has 0 bridgehead atoms. The van der Waals surface area contributed by atoms with E-state index in [0.29, 0.717) is 24.8 Å². The Balaban J connectivity index is 1.21. The fourth-order valence-corrected chi connectivity index (χ4v) is 4.75. The summed E-state index contributed by atoms with van der Waals surface area (Å²) in [5, 5.41) is 10.9. The topological polar surface area (TPSA) is 92.1 Å². The monoisotopic (exact) mass is 435 g/mol. The number of amides is 1. The van der Waals surface area contributed by atoms with Crippen LogP contribution in [0.25, 0.3) is 0 Å². The van der Waals surface area contributed by atoms with Gasteiger partial charge in [0.25, 0.3) is 0 Å². The van der Waals surface area contributed by atoms with Gasteiger partial charge in [0.2, 0.25) is 5.91 Å². The van der Waals surface area contributed by atoms with Gasteiger partial charge in [-0.2, -0.15) is 0 Å². The highest BCUT2D eigenvalue weighted by Crippen LogP contribution is 2.26. The maximum atomic E-state index is 12.6.